The summed E-state index contributed by atoms with van der Waals surface area (Å²) in [6.07, 6.45) is 1.28. The summed E-state index contributed by atoms with van der Waals surface area (Å²) in [6, 6.07) is 7.74. The van der Waals surface area contributed by atoms with Gasteiger partial charge in [-0.2, -0.15) is 0 Å². The molecular weight excluding hydrogens is 212 g/mol. The van der Waals surface area contributed by atoms with Gasteiger partial charge in [-0.1, -0.05) is 45.9 Å². The van der Waals surface area contributed by atoms with Crippen LogP contribution in [0.15, 0.2) is 24.3 Å². The quantitative estimate of drug-likeness (QED) is 0.839. The van der Waals surface area contributed by atoms with E-state index in [2.05, 4.69) is 20.8 Å². The molecule has 0 radical (unpaired) electrons. The van der Waals surface area contributed by atoms with Crippen molar-refractivity contribution in [3.63, 3.8) is 0 Å². The van der Waals surface area contributed by atoms with E-state index in [4.69, 9.17) is 4.74 Å². The molecule has 0 bridgehead atoms. The Bertz CT molecular complexity index is 339. The summed E-state index contributed by atoms with van der Waals surface area (Å²) in [5.74, 6) is 0.811. The summed E-state index contributed by atoms with van der Waals surface area (Å²) in [7, 11) is 0. The number of hydrogen-bond donors (Lipinski definition) is 1. The van der Waals surface area contributed by atoms with Gasteiger partial charge in [-0.25, -0.2) is 0 Å². The first-order valence-corrected chi connectivity index (χ1v) is 6.34. The summed E-state index contributed by atoms with van der Waals surface area (Å²) in [5.41, 5.74) is 1.17. The maximum atomic E-state index is 9.89. The van der Waals surface area contributed by atoms with Crippen LogP contribution in [0.5, 0.6) is 5.75 Å². The highest BCUT2D eigenvalue weighted by molar-refractivity contribution is 5.34. The predicted molar refractivity (Wildman–Crippen MR) is 71.3 cm³/mol. The molecule has 0 aliphatic rings. The SMILES string of the molecule is CC[C@H](O)c1ccccc1OCCC(C)(C)C. The van der Waals surface area contributed by atoms with Crippen LogP contribution in [0.3, 0.4) is 0 Å². The third-order valence-electron chi connectivity index (χ3n) is 2.77. The van der Waals surface area contributed by atoms with Crippen molar-refractivity contribution in [1.29, 1.82) is 0 Å². The van der Waals surface area contributed by atoms with Crippen LogP contribution in [-0.2, 0) is 0 Å². The zero-order valence-corrected chi connectivity index (χ0v) is 11.4. The van der Waals surface area contributed by atoms with Crippen molar-refractivity contribution in [2.24, 2.45) is 5.41 Å². The van der Waals surface area contributed by atoms with E-state index in [1.807, 2.05) is 31.2 Å². The number of rotatable bonds is 5. The van der Waals surface area contributed by atoms with E-state index in [0.29, 0.717) is 13.0 Å². The Morgan fingerprint density at radius 1 is 1.24 bits per heavy atom. The fourth-order valence-corrected chi connectivity index (χ4v) is 1.57. The minimum atomic E-state index is -0.430. The standard InChI is InChI=1S/C15H24O2/c1-5-13(16)12-8-6-7-9-14(12)17-11-10-15(2,3)4/h6-9,13,16H,5,10-11H2,1-4H3/t13-/m0/s1. The fraction of sp³-hybridized carbons (Fsp3) is 0.600. The van der Waals surface area contributed by atoms with Gasteiger partial charge in [0.15, 0.2) is 0 Å². The van der Waals surface area contributed by atoms with Crippen LogP contribution in [0, 0.1) is 5.41 Å². The van der Waals surface area contributed by atoms with E-state index in [0.717, 1.165) is 17.7 Å². The van der Waals surface area contributed by atoms with Crippen molar-refractivity contribution >= 4 is 0 Å². The molecule has 1 aromatic carbocycles. The van der Waals surface area contributed by atoms with E-state index in [-0.39, 0.29) is 5.41 Å². The van der Waals surface area contributed by atoms with Crippen molar-refractivity contribution in [1.82, 2.24) is 0 Å². The molecule has 17 heavy (non-hydrogen) atoms. The van der Waals surface area contributed by atoms with Gasteiger partial charge in [-0.3, -0.25) is 0 Å². The zero-order valence-electron chi connectivity index (χ0n) is 11.4. The first-order valence-electron chi connectivity index (χ1n) is 6.34. The van der Waals surface area contributed by atoms with Gasteiger partial charge in [0, 0.05) is 5.56 Å². The smallest absolute Gasteiger partial charge is 0.125 e. The number of hydrogen-bond acceptors (Lipinski definition) is 2. The van der Waals surface area contributed by atoms with Gasteiger partial charge >= 0.3 is 0 Å². The fourth-order valence-electron chi connectivity index (χ4n) is 1.57. The second-order valence-electron chi connectivity index (χ2n) is 5.62. The number of benzene rings is 1. The van der Waals surface area contributed by atoms with Crippen LogP contribution >= 0.6 is 0 Å². The molecule has 0 aliphatic heterocycles. The lowest BCUT2D eigenvalue weighted by Crippen LogP contribution is -2.12. The third kappa shape index (κ3) is 4.78. The molecule has 0 spiro atoms. The molecule has 0 saturated carbocycles. The van der Waals surface area contributed by atoms with Gasteiger partial charge in [-0.05, 0) is 24.3 Å². The largest absolute Gasteiger partial charge is 0.493 e. The summed E-state index contributed by atoms with van der Waals surface area (Å²) in [5, 5.41) is 9.89. The molecule has 2 heteroatoms. The molecule has 1 atom stereocenters. The highest BCUT2D eigenvalue weighted by atomic mass is 16.5. The molecule has 1 rings (SSSR count). The first-order chi connectivity index (χ1) is 7.94. The van der Waals surface area contributed by atoms with E-state index >= 15 is 0 Å². The van der Waals surface area contributed by atoms with Gasteiger partial charge in [0.05, 0.1) is 12.7 Å². The predicted octanol–water partition coefficient (Wildman–Crippen LogP) is 3.95. The Hall–Kier alpha value is -1.02. The lowest BCUT2D eigenvalue weighted by molar-refractivity contribution is 0.164. The van der Waals surface area contributed by atoms with Crippen molar-refractivity contribution in [2.45, 2.75) is 46.6 Å². The van der Waals surface area contributed by atoms with Crippen LogP contribution in [0.4, 0.5) is 0 Å². The van der Waals surface area contributed by atoms with Crippen LogP contribution in [-0.4, -0.2) is 11.7 Å². The monoisotopic (exact) mass is 236 g/mol. The lowest BCUT2D eigenvalue weighted by Gasteiger charge is -2.20. The number of aliphatic hydroxyl groups is 1. The highest BCUT2D eigenvalue weighted by Gasteiger charge is 2.13. The summed E-state index contributed by atoms with van der Waals surface area (Å²) >= 11 is 0. The van der Waals surface area contributed by atoms with Gasteiger partial charge in [0.2, 0.25) is 0 Å². The average Bonchev–Trinajstić information content (AvgIpc) is 2.27. The van der Waals surface area contributed by atoms with Crippen molar-refractivity contribution in [3.8, 4) is 5.75 Å². The molecule has 0 saturated heterocycles. The summed E-state index contributed by atoms with van der Waals surface area (Å²) in [6.45, 7) is 9.25. The molecule has 2 nitrogen and oxygen atoms in total. The molecule has 0 aliphatic carbocycles. The van der Waals surface area contributed by atoms with Gasteiger partial charge in [-0.15, -0.1) is 0 Å². The van der Waals surface area contributed by atoms with E-state index in [1.54, 1.807) is 0 Å². The molecule has 0 aromatic heterocycles. The molecule has 0 unspecified atom stereocenters. The van der Waals surface area contributed by atoms with Crippen molar-refractivity contribution in [2.75, 3.05) is 6.61 Å². The summed E-state index contributed by atoms with van der Waals surface area (Å²) in [4.78, 5) is 0. The Balaban J connectivity index is 2.64. The minimum Gasteiger partial charge on any atom is -0.493 e. The topological polar surface area (TPSA) is 29.5 Å². The normalized spacial score (nSPS) is 13.5. The molecule has 0 amide bonds. The molecule has 0 heterocycles. The second-order valence-corrected chi connectivity index (χ2v) is 5.62. The lowest BCUT2D eigenvalue weighted by atomic mass is 9.93. The Labute approximate surface area is 105 Å². The second kappa shape index (κ2) is 6.06. The molecule has 0 fully saturated rings. The van der Waals surface area contributed by atoms with E-state index < -0.39 is 6.10 Å². The minimum absolute atomic E-state index is 0.276. The molecule has 1 N–H and O–H groups in total. The van der Waals surface area contributed by atoms with E-state index in [1.165, 1.54) is 0 Å². The van der Waals surface area contributed by atoms with Crippen LogP contribution < -0.4 is 4.74 Å². The maximum Gasteiger partial charge on any atom is 0.125 e. The molecule has 96 valence electrons. The van der Waals surface area contributed by atoms with Gasteiger partial charge in [0.25, 0.3) is 0 Å². The number of aliphatic hydroxyl groups excluding tert-OH is 1. The van der Waals surface area contributed by atoms with Crippen LogP contribution in [0.25, 0.3) is 0 Å². The number of ether oxygens (including phenoxy) is 1. The molecular formula is C15H24O2. The van der Waals surface area contributed by atoms with Gasteiger partial charge in [0.1, 0.15) is 5.75 Å². The van der Waals surface area contributed by atoms with E-state index in [9.17, 15) is 5.11 Å². The Kier molecular flexibility index (Phi) is 5.01. The van der Waals surface area contributed by atoms with Crippen LogP contribution in [0.1, 0.15) is 52.2 Å². The Morgan fingerprint density at radius 3 is 2.47 bits per heavy atom. The van der Waals surface area contributed by atoms with Crippen LogP contribution in [0.2, 0.25) is 0 Å². The highest BCUT2D eigenvalue weighted by Crippen LogP contribution is 2.27. The van der Waals surface area contributed by atoms with Crippen molar-refractivity contribution < 1.29 is 9.84 Å². The number of para-hydroxylation sites is 1. The van der Waals surface area contributed by atoms with Crippen molar-refractivity contribution in [3.05, 3.63) is 29.8 Å². The average molecular weight is 236 g/mol. The zero-order chi connectivity index (χ0) is 12.9. The maximum absolute atomic E-state index is 9.89. The third-order valence-corrected chi connectivity index (χ3v) is 2.77. The summed E-state index contributed by atoms with van der Waals surface area (Å²) < 4.78 is 5.78. The van der Waals surface area contributed by atoms with Gasteiger partial charge < -0.3 is 9.84 Å². The first kappa shape index (κ1) is 14.0. The molecule has 1 aromatic rings. The Morgan fingerprint density at radius 2 is 1.88 bits per heavy atom.